The van der Waals surface area contributed by atoms with Gasteiger partial charge in [0.05, 0.1) is 5.41 Å². The molecule has 1 saturated heterocycles. The van der Waals surface area contributed by atoms with E-state index in [2.05, 4.69) is 0 Å². The fourth-order valence-corrected chi connectivity index (χ4v) is 3.71. The number of aliphatic carboxylic acids is 1. The standard InChI is InChI=1S/C15H25NO3/c1-2-8-15(14(18)19)9-5-10-16(11-15)13(17)12-6-3-4-7-12/h12H,2-11H2,1H3,(H,18,19)/t15-/m0/s1. The molecule has 1 aliphatic heterocycles. The molecule has 2 fully saturated rings. The first-order valence-corrected chi connectivity index (χ1v) is 7.61. The lowest BCUT2D eigenvalue weighted by molar-refractivity contribution is -0.156. The first kappa shape index (κ1) is 14.4. The number of hydrogen-bond donors (Lipinski definition) is 1. The number of piperidine rings is 1. The molecule has 1 N–H and O–H groups in total. The van der Waals surface area contributed by atoms with Gasteiger partial charge in [0.25, 0.3) is 0 Å². The number of amides is 1. The maximum absolute atomic E-state index is 12.4. The van der Waals surface area contributed by atoms with Gasteiger partial charge in [-0.05, 0) is 32.1 Å². The van der Waals surface area contributed by atoms with Crippen LogP contribution in [0.4, 0.5) is 0 Å². The molecule has 1 heterocycles. The molecular weight excluding hydrogens is 242 g/mol. The average molecular weight is 267 g/mol. The third kappa shape index (κ3) is 2.93. The summed E-state index contributed by atoms with van der Waals surface area (Å²) in [6.45, 7) is 3.18. The zero-order valence-electron chi connectivity index (χ0n) is 11.9. The van der Waals surface area contributed by atoms with E-state index >= 15 is 0 Å². The average Bonchev–Trinajstić information content (AvgIpc) is 2.92. The number of carboxylic acids is 1. The van der Waals surface area contributed by atoms with Crippen molar-refractivity contribution in [1.82, 2.24) is 4.90 Å². The molecule has 4 nitrogen and oxygen atoms in total. The summed E-state index contributed by atoms with van der Waals surface area (Å²) < 4.78 is 0. The minimum absolute atomic E-state index is 0.159. The molecule has 0 aromatic carbocycles. The Kier molecular flexibility index (Phi) is 4.48. The Morgan fingerprint density at radius 2 is 1.95 bits per heavy atom. The van der Waals surface area contributed by atoms with Gasteiger partial charge in [-0.3, -0.25) is 9.59 Å². The molecule has 0 spiro atoms. The van der Waals surface area contributed by atoms with Crippen LogP contribution < -0.4 is 0 Å². The van der Waals surface area contributed by atoms with Crippen LogP contribution in [0.3, 0.4) is 0 Å². The molecule has 1 amide bonds. The normalized spacial score (nSPS) is 28.6. The van der Waals surface area contributed by atoms with Crippen LogP contribution in [-0.4, -0.2) is 35.0 Å². The SMILES string of the molecule is CCC[C@]1(C(=O)O)CCCN(C(=O)C2CCCC2)C1. The summed E-state index contributed by atoms with van der Waals surface area (Å²) in [4.78, 5) is 25.9. The van der Waals surface area contributed by atoms with E-state index in [0.717, 1.165) is 45.1 Å². The van der Waals surface area contributed by atoms with E-state index < -0.39 is 11.4 Å². The molecule has 0 aromatic heterocycles. The molecule has 0 bridgehead atoms. The number of hydrogen-bond acceptors (Lipinski definition) is 2. The van der Waals surface area contributed by atoms with Crippen molar-refractivity contribution in [3.05, 3.63) is 0 Å². The van der Waals surface area contributed by atoms with Crippen molar-refractivity contribution in [3.8, 4) is 0 Å². The monoisotopic (exact) mass is 267 g/mol. The van der Waals surface area contributed by atoms with E-state index in [-0.39, 0.29) is 11.8 Å². The Hall–Kier alpha value is -1.06. The molecule has 19 heavy (non-hydrogen) atoms. The third-order valence-electron chi connectivity index (χ3n) is 4.78. The Morgan fingerprint density at radius 3 is 2.53 bits per heavy atom. The molecule has 4 heteroatoms. The van der Waals surface area contributed by atoms with Gasteiger partial charge in [-0.15, -0.1) is 0 Å². The molecule has 0 aromatic rings. The Bertz CT molecular complexity index is 345. The third-order valence-corrected chi connectivity index (χ3v) is 4.78. The first-order valence-electron chi connectivity index (χ1n) is 7.61. The van der Waals surface area contributed by atoms with E-state index in [9.17, 15) is 14.7 Å². The Balaban J connectivity index is 2.06. The lowest BCUT2D eigenvalue weighted by Crippen LogP contribution is -2.51. The zero-order valence-corrected chi connectivity index (χ0v) is 11.9. The first-order chi connectivity index (χ1) is 9.09. The van der Waals surface area contributed by atoms with Crippen LogP contribution in [0, 0.1) is 11.3 Å². The van der Waals surface area contributed by atoms with Crippen molar-refractivity contribution in [1.29, 1.82) is 0 Å². The molecule has 1 saturated carbocycles. The van der Waals surface area contributed by atoms with Crippen molar-refractivity contribution >= 4 is 11.9 Å². The molecule has 2 rings (SSSR count). The topological polar surface area (TPSA) is 57.6 Å². The van der Waals surface area contributed by atoms with Crippen LogP contribution in [-0.2, 0) is 9.59 Å². The predicted molar refractivity (Wildman–Crippen MR) is 72.7 cm³/mol. The largest absolute Gasteiger partial charge is 0.481 e. The molecule has 0 unspecified atom stereocenters. The summed E-state index contributed by atoms with van der Waals surface area (Å²) in [5, 5.41) is 9.55. The van der Waals surface area contributed by atoms with Crippen LogP contribution in [0.5, 0.6) is 0 Å². The summed E-state index contributed by atoms with van der Waals surface area (Å²) >= 11 is 0. The molecule has 108 valence electrons. The van der Waals surface area contributed by atoms with E-state index in [0.29, 0.717) is 19.4 Å². The molecular formula is C15H25NO3. The minimum Gasteiger partial charge on any atom is -0.481 e. The summed E-state index contributed by atoms with van der Waals surface area (Å²) in [6.07, 6.45) is 7.34. The molecule has 2 aliphatic rings. The van der Waals surface area contributed by atoms with Crippen LogP contribution in [0.1, 0.15) is 58.3 Å². The van der Waals surface area contributed by atoms with Gasteiger partial charge in [-0.1, -0.05) is 26.2 Å². The van der Waals surface area contributed by atoms with Crippen molar-refractivity contribution < 1.29 is 14.7 Å². The number of rotatable bonds is 4. The lowest BCUT2D eigenvalue weighted by atomic mass is 9.76. The smallest absolute Gasteiger partial charge is 0.311 e. The molecule has 1 aliphatic carbocycles. The Morgan fingerprint density at radius 1 is 1.26 bits per heavy atom. The zero-order chi connectivity index (χ0) is 13.9. The number of carboxylic acid groups (broad SMARTS) is 1. The second-order valence-electron chi connectivity index (χ2n) is 6.18. The van der Waals surface area contributed by atoms with Crippen molar-refractivity contribution in [3.63, 3.8) is 0 Å². The van der Waals surface area contributed by atoms with E-state index in [1.807, 2.05) is 11.8 Å². The maximum Gasteiger partial charge on any atom is 0.311 e. The highest BCUT2D eigenvalue weighted by Gasteiger charge is 2.43. The summed E-state index contributed by atoms with van der Waals surface area (Å²) in [6, 6.07) is 0. The van der Waals surface area contributed by atoms with Crippen LogP contribution in [0.2, 0.25) is 0 Å². The van der Waals surface area contributed by atoms with Gasteiger partial charge in [0.15, 0.2) is 0 Å². The summed E-state index contributed by atoms with van der Waals surface area (Å²) in [7, 11) is 0. The number of nitrogens with zero attached hydrogens (tertiary/aromatic N) is 1. The second-order valence-corrected chi connectivity index (χ2v) is 6.18. The highest BCUT2D eigenvalue weighted by molar-refractivity contribution is 5.81. The van der Waals surface area contributed by atoms with E-state index in [4.69, 9.17) is 0 Å². The van der Waals surface area contributed by atoms with Gasteiger partial charge >= 0.3 is 5.97 Å². The Labute approximate surface area is 115 Å². The van der Waals surface area contributed by atoms with Gasteiger partial charge in [0.1, 0.15) is 0 Å². The number of likely N-dealkylation sites (tertiary alicyclic amines) is 1. The van der Waals surface area contributed by atoms with E-state index in [1.54, 1.807) is 0 Å². The van der Waals surface area contributed by atoms with Gasteiger partial charge in [-0.25, -0.2) is 0 Å². The molecule has 0 radical (unpaired) electrons. The second kappa shape index (κ2) is 5.93. The number of carbonyl (C=O) groups is 2. The van der Waals surface area contributed by atoms with Crippen LogP contribution >= 0.6 is 0 Å². The highest BCUT2D eigenvalue weighted by atomic mass is 16.4. The summed E-state index contributed by atoms with van der Waals surface area (Å²) in [5.74, 6) is -0.358. The van der Waals surface area contributed by atoms with Gasteiger partial charge in [-0.2, -0.15) is 0 Å². The predicted octanol–water partition coefficient (Wildman–Crippen LogP) is 2.67. The summed E-state index contributed by atoms with van der Waals surface area (Å²) in [5.41, 5.74) is -0.693. The fraction of sp³-hybridized carbons (Fsp3) is 0.867. The van der Waals surface area contributed by atoms with Crippen molar-refractivity contribution in [2.45, 2.75) is 58.3 Å². The van der Waals surface area contributed by atoms with E-state index in [1.165, 1.54) is 0 Å². The van der Waals surface area contributed by atoms with Crippen molar-refractivity contribution in [2.75, 3.05) is 13.1 Å². The highest BCUT2D eigenvalue weighted by Crippen LogP contribution is 2.37. The van der Waals surface area contributed by atoms with Crippen LogP contribution in [0.25, 0.3) is 0 Å². The van der Waals surface area contributed by atoms with Gasteiger partial charge in [0.2, 0.25) is 5.91 Å². The van der Waals surface area contributed by atoms with Gasteiger partial charge in [0, 0.05) is 19.0 Å². The van der Waals surface area contributed by atoms with Crippen molar-refractivity contribution in [2.24, 2.45) is 11.3 Å². The van der Waals surface area contributed by atoms with Gasteiger partial charge < -0.3 is 10.0 Å². The lowest BCUT2D eigenvalue weighted by Gasteiger charge is -2.40. The maximum atomic E-state index is 12.4. The fourth-order valence-electron chi connectivity index (χ4n) is 3.71. The minimum atomic E-state index is -0.724. The quantitative estimate of drug-likeness (QED) is 0.852. The number of carbonyl (C=O) groups excluding carboxylic acids is 1. The molecule has 1 atom stereocenters. The van der Waals surface area contributed by atoms with Crippen LogP contribution in [0.15, 0.2) is 0 Å².